The van der Waals surface area contributed by atoms with Crippen molar-refractivity contribution in [1.29, 1.82) is 0 Å². The monoisotopic (exact) mass is 315 g/mol. The topological polar surface area (TPSA) is 89.8 Å². The van der Waals surface area contributed by atoms with Gasteiger partial charge in [-0.05, 0) is 19.1 Å². The second-order valence-electron chi connectivity index (χ2n) is 4.65. The average Bonchev–Trinajstić information content (AvgIpc) is 3.02. The van der Waals surface area contributed by atoms with Crippen LogP contribution in [0.3, 0.4) is 0 Å². The van der Waals surface area contributed by atoms with Gasteiger partial charge in [-0.15, -0.1) is 0 Å². The Balaban J connectivity index is 1.89. The lowest BCUT2D eigenvalue weighted by atomic mass is 10.2. The summed E-state index contributed by atoms with van der Waals surface area (Å²) in [4.78, 5) is 12.1. The average molecular weight is 315 g/mol. The molecule has 0 saturated carbocycles. The molecule has 1 N–H and O–H groups in total. The first-order valence-electron chi connectivity index (χ1n) is 6.44. The van der Waals surface area contributed by atoms with Gasteiger partial charge >= 0.3 is 0 Å². The number of hydrogen-bond acceptors (Lipinski definition) is 5. The number of anilines is 1. The van der Waals surface area contributed by atoms with Crippen molar-refractivity contribution in [2.24, 2.45) is 0 Å². The van der Waals surface area contributed by atoms with E-state index < -0.39 is 10.0 Å². The number of hydrogen-bond donors (Lipinski definition) is 1. The van der Waals surface area contributed by atoms with Crippen LogP contribution in [0.5, 0.6) is 0 Å². The zero-order valence-corrected chi connectivity index (χ0v) is 12.5. The van der Waals surface area contributed by atoms with Gasteiger partial charge in [-0.25, -0.2) is 23.4 Å². The van der Waals surface area contributed by atoms with Gasteiger partial charge in [0.25, 0.3) is 10.0 Å². The number of rotatable bonds is 4. The Morgan fingerprint density at radius 3 is 2.59 bits per heavy atom. The molecule has 3 rings (SSSR count). The number of imidazole rings is 1. The van der Waals surface area contributed by atoms with Crippen molar-refractivity contribution in [2.75, 3.05) is 4.72 Å². The summed E-state index contributed by atoms with van der Waals surface area (Å²) < 4.78 is 28.7. The third kappa shape index (κ3) is 2.96. The van der Waals surface area contributed by atoms with E-state index in [0.29, 0.717) is 5.82 Å². The second kappa shape index (κ2) is 5.57. The second-order valence-corrected chi connectivity index (χ2v) is 6.33. The molecule has 112 valence electrons. The van der Waals surface area contributed by atoms with Crippen molar-refractivity contribution in [3.63, 3.8) is 0 Å². The minimum Gasteiger partial charge on any atom is -0.290 e. The molecule has 0 aliphatic carbocycles. The van der Waals surface area contributed by atoms with Crippen LogP contribution in [0.1, 0.15) is 5.56 Å². The lowest BCUT2D eigenvalue weighted by Gasteiger charge is -2.08. The van der Waals surface area contributed by atoms with Gasteiger partial charge in [0, 0.05) is 18.5 Å². The first kappa shape index (κ1) is 14.2. The highest BCUT2D eigenvalue weighted by molar-refractivity contribution is 7.92. The molecule has 0 amide bonds. The molecule has 22 heavy (non-hydrogen) atoms. The van der Waals surface area contributed by atoms with Crippen molar-refractivity contribution in [3.8, 4) is 5.82 Å². The maximum atomic E-state index is 12.3. The third-order valence-corrected chi connectivity index (χ3v) is 4.36. The Morgan fingerprint density at radius 2 is 1.91 bits per heavy atom. The predicted octanol–water partition coefficient (Wildman–Crippen LogP) is 1.77. The van der Waals surface area contributed by atoms with Crippen LogP contribution in [0.4, 0.5) is 5.82 Å². The van der Waals surface area contributed by atoms with Crippen LogP contribution in [-0.4, -0.2) is 27.9 Å². The highest BCUT2D eigenvalue weighted by Gasteiger charge is 2.15. The molecule has 0 fully saturated rings. The Bertz CT molecular complexity index is 874. The van der Waals surface area contributed by atoms with Crippen LogP contribution in [0, 0.1) is 6.92 Å². The smallest absolute Gasteiger partial charge is 0.263 e. The number of sulfonamides is 1. The van der Waals surface area contributed by atoms with E-state index in [2.05, 4.69) is 19.7 Å². The molecule has 0 aliphatic heterocycles. The summed E-state index contributed by atoms with van der Waals surface area (Å²) >= 11 is 0. The van der Waals surface area contributed by atoms with Crippen LogP contribution in [0.25, 0.3) is 5.82 Å². The molecule has 8 heteroatoms. The van der Waals surface area contributed by atoms with Gasteiger partial charge in [0.2, 0.25) is 0 Å². The molecular formula is C14H13N5O2S. The third-order valence-electron chi connectivity index (χ3n) is 2.99. The van der Waals surface area contributed by atoms with E-state index in [1.54, 1.807) is 47.6 Å². The van der Waals surface area contributed by atoms with Gasteiger partial charge in [-0.1, -0.05) is 17.7 Å². The van der Waals surface area contributed by atoms with Gasteiger partial charge < -0.3 is 0 Å². The number of benzene rings is 1. The maximum absolute atomic E-state index is 12.3. The van der Waals surface area contributed by atoms with Crippen molar-refractivity contribution in [1.82, 2.24) is 19.5 Å². The summed E-state index contributed by atoms with van der Waals surface area (Å²) in [6.07, 6.45) is 6.18. The van der Waals surface area contributed by atoms with Gasteiger partial charge in [-0.2, -0.15) is 0 Å². The zero-order valence-electron chi connectivity index (χ0n) is 11.7. The molecule has 0 bridgehead atoms. The van der Waals surface area contributed by atoms with Gasteiger partial charge in [0.1, 0.15) is 24.3 Å². The molecule has 3 aromatic rings. The van der Waals surface area contributed by atoms with Crippen LogP contribution >= 0.6 is 0 Å². The summed E-state index contributed by atoms with van der Waals surface area (Å²) in [5.74, 6) is 0.716. The summed E-state index contributed by atoms with van der Waals surface area (Å²) in [6.45, 7) is 1.89. The fourth-order valence-electron chi connectivity index (χ4n) is 1.85. The van der Waals surface area contributed by atoms with Crippen molar-refractivity contribution >= 4 is 15.8 Å². The minimum absolute atomic E-state index is 0.181. The molecule has 2 heterocycles. The summed E-state index contributed by atoms with van der Waals surface area (Å²) in [5, 5.41) is 0. The van der Waals surface area contributed by atoms with E-state index in [1.165, 1.54) is 12.4 Å². The Labute approximate surface area is 127 Å². The number of nitrogens with zero attached hydrogens (tertiary/aromatic N) is 4. The lowest BCUT2D eigenvalue weighted by Crippen LogP contribution is -2.14. The zero-order chi connectivity index (χ0) is 15.6. The summed E-state index contributed by atoms with van der Waals surface area (Å²) in [6, 6.07) is 8.12. The molecule has 1 aromatic carbocycles. The molecule has 0 spiro atoms. The fraction of sp³-hybridized carbons (Fsp3) is 0.0714. The van der Waals surface area contributed by atoms with E-state index in [1.807, 2.05) is 6.92 Å². The fourth-order valence-corrected chi connectivity index (χ4v) is 2.85. The van der Waals surface area contributed by atoms with Gasteiger partial charge in [0.05, 0.1) is 4.90 Å². The van der Waals surface area contributed by atoms with E-state index in [9.17, 15) is 8.42 Å². The molecule has 2 aromatic heterocycles. The maximum Gasteiger partial charge on any atom is 0.263 e. The quantitative estimate of drug-likeness (QED) is 0.792. The molecule has 0 saturated heterocycles. The summed E-state index contributed by atoms with van der Waals surface area (Å²) in [5.41, 5.74) is 0.989. The van der Waals surface area contributed by atoms with Gasteiger partial charge in [0.15, 0.2) is 0 Å². The van der Waals surface area contributed by atoms with Crippen LogP contribution in [-0.2, 0) is 10.0 Å². The lowest BCUT2D eigenvalue weighted by molar-refractivity contribution is 0.601. The molecule has 0 unspecified atom stereocenters. The highest BCUT2D eigenvalue weighted by atomic mass is 32.2. The SMILES string of the molecule is Cc1ccc(S(=O)(=O)Nc2cc(-n3ccnc3)ncn2)cc1. The molecule has 0 aliphatic rings. The highest BCUT2D eigenvalue weighted by Crippen LogP contribution is 2.16. The van der Waals surface area contributed by atoms with Crippen LogP contribution < -0.4 is 4.72 Å². The molecule has 7 nitrogen and oxygen atoms in total. The first-order valence-corrected chi connectivity index (χ1v) is 7.93. The minimum atomic E-state index is -3.68. The molecular weight excluding hydrogens is 302 g/mol. The standard InChI is InChI=1S/C14H13N5O2S/c1-11-2-4-12(5-3-11)22(20,21)18-13-8-14(17-9-16-13)19-7-6-15-10-19/h2-10H,1H3,(H,16,17,18). The Kier molecular flexibility index (Phi) is 3.60. The number of aromatic nitrogens is 4. The van der Waals surface area contributed by atoms with E-state index in [0.717, 1.165) is 5.56 Å². The van der Waals surface area contributed by atoms with Crippen molar-refractivity contribution in [2.45, 2.75) is 11.8 Å². The Morgan fingerprint density at radius 1 is 1.14 bits per heavy atom. The van der Waals surface area contributed by atoms with E-state index in [-0.39, 0.29) is 10.7 Å². The molecule has 0 atom stereocenters. The van der Waals surface area contributed by atoms with Crippen LogP contribution in [0.15, 0.2) is 60.3 Å². The van der Waals surface area contributed by atoms with Crippen molar-refractivity contribution < 1.29 is 8.42 Å². The van der Waals surface area contributed by atoms with E-state index in [4.69, 9.17) is 0 Å². The molecule has 0 radical (unpaired) electrons. The predicted molar refractivity (Wildman–Crippen MR) is 81.1 cm³/mol. The number of nitrogens with one attached hydrogen (secondary N) is 1. The summed E-state index contributed by atoms with van der Waals surface area (Å²) in [7, 11) is -3.68. The van der Waals surface area contributed by atoms with Crippen molar-refractivity contribution in [3.05, 3.63) is 60.9 Å². The van der Waals surface area contributed by atoms with E-state index >= 15 is 0 Å². The normalized spacial score (nSPS) is 11.3. The number of aryl methyl sites for hydroxylation is 1. The first-order chi connectivity index (χ1) is 10.5. The Hall–Kier alpha value is -2.74. The largest absolute Gasteiger partial charge is 0.290 e. The van der Waals surface area contributed by atoms with Crippen LogP contribution in [0.2, 0.25) is 0 Å². The van der Waals surface area contributed by atoms with Gasteiger partial charge in [-0.3, -0.25) is 9.29 Å².